The highest BCUT2D eigenvalue weighted by Gasteiger charge is 2.23. The van der Waals surface area contributed by atoms with Crippen LogP contribution in [0.1, 0.15) is 26.7 Å². The van der Waals surface area contributed by atoms with Crippen molar-refractivity contribution in [3.05, 3.63) is 18.3 Å². The Morgan fingerprint density at radius 3 is 3.11 bits per heavy atom. The van der Waals surface area contributed by atoms with E-state index in [1.165, 1.54) is 0 Å². The summed E-state index contributed by atoms with van der Waals surface area (Å²) in [6.07, 6.45) is 3.61. The van der Waals surface area contributed by atoms with Crippen LogP contribution >= 0.6 is 0 Å². The minimum atomic E-state index is -0.0999. The van der Waals surface area contributed by atoms with E-state index in [1.54, 1.807) is 18.3 Å². The van der Waals surface area contributed by atoms with Crippen molar-refractivity contribution < 1.29 is 9.53 Å². The molecule has 1 aliphatic heterocycles. The Kier molecular flexibility index (Phi) is 4.15. The summed E-state index contributed by atoms with van der Waals surface area (Å²) in [5.41, 5.74) is 0.630. The third-order valence-electron chi connectivity index (χ3n) is 2.75. The molecule has 0 unspecified atom stereocenters. The van der Waals surface area contributed by atoms with Gasteiger partial charge in [0.25, 0.3) is 0 Å². The molecule has 0 spiro atoms. The van der Waals surface area contributed by atoms with Gasteiger partial charge in [-0.3, -0.25) is 4.79 Å². The van der Waals surface area contributed by atoms with Gasteiger partial charge in [-0.15, -0.1) is 0 Å². The summed E-state index contributed by atoms with van der Waals surface area (Å²) in [5.74, 6) is 0.452. The average molecular weight is 249 g/mol. The first-order valence-electron chi connectivity index (χ1n) is 6.32. The van der Waals surface area contributed by atoms with Crippen molar-refractivity contribution >= 4 is 11.6 Å². The Hall–Kier alpha value is -1.62. The van der Waals surface area contributed by atoms with Crippen LogP contribution in [0, 0.1) is 0 Å². The average Bonchev–Trinajstić information content (AvgIpc) is 2.84. The van der Waals surface area contributed by atoms with Crippen LogP contribution in [0.2, 0.25) is 0 Å². The van der Waals surface area contributed by atoms with E-state index in [4.69, 9.17) is 4.74 Å². The van der Waals surface area contributed by atoms with Gasteiger partial charge in [0.2, 0.25) is 11.8 Å². The minimum absolute atomic E-state index is 0.0193. The van der Waals surface area contributed by atoms with Gasteiger partial charge in [0.1, 0.15) is 5.69 Å². The van der Waals surface area contributed by atoms with Crippen molar-refractivity contribution in [1.29, 1.82) is 0 Å². The van der Waals surface area contributed by atoms with Crippen LogP contribution in [0.15, 0.2) is 18.3 Å². The van der Waals surface area contributed by atoms with Crippen molar-refractivity contribution in [2.24, 2.45) is 0 Å². The van der Waals surface area contributed by atoms with Crippen molar-refractivity contribution in [3.63, 3.8) is 0 Å². The van der Waals surface area contributed by atoms with Crippen molar-refractivity contribution in [1.82, 2.24) is 10.3 Å². The second-order valence-corrected chi connectivity index (χ2v) is 4.66. The molecule has 1 aliphatic rings. The van der Waals surface area contributed by atoms with E-state index in [1.807, 2.05) is 13.8 Å². The first-order chi connectivity index (χ1) is 8.66. The molecule has 5 nitrogen and oxygen atoms in total. The molecule has 1 aromatic rings. The van der Waals surface area contributed by atoms with Crippen LogP contribution in [0.4, 0.5) is 5.69 Å². The fraction of sp³-hybridized carbons (Fsp3) is 0.538. The van der Waals surface area contributed by atoms with Gasteiger partial charge >= 0.3 is 0 Å². The number of anilines is 1. The van der Waals surface area contributed by atoms with Gasteiger partial charge in [-0.05, 0) is 45.4 Å². The number of hydrogen-bond acceptors (Lipinski definition) is 4. The highest BCUT2D eigenvalue weighted by molar-refractivity contribution is 5.95. The normalized spacial score (nSPS) is 18.9. The molecule has 0 aliphatic carbocycles. The molecule has 0 saturated carbocycles. The molecule has 1 aromatic heterocycles. The van der Waals surface area contributed by atoms with Gasteiger partial charge in [-0.25, -0.2) is 4.98 Å². The summed E-state index contributed by atoms with van der Waals surface area (Å²) in [7, 11) is 0. The summed E-state index contributed by atoms with van der Waals surface area (Å²) in [4.78, 5) is 16.1. The van der Waals surface area contributed by atoms with E-state index < -0.39 is 0 Å². The van der Waals surface area contributed by atoms with E-state index in [2.05, 4.69) is 15.6 Å². The first kappa shape index (κ1) is 12.8. The Morgan fingerprint density at radius 2 is 2.44 bits per heavy atom. The Bertz CT molecular complexity index is 414. The highest BCUT2D eigenvalue weighted by Crippen LogP contribution is 2.22. The van der Waals surface area contributed by atoms with Crippen molar-refractivity contribution in [2.75, 3.05) is 11.9 Å². The zero-order valence-electron chi connectivity index (χ0n) is 10.8. The molecule has 98 valence electrons. The maximum atomic E-state index is 12.0. The molecular formula is C13H19N3O2. The molecule has 0 bridgehead atoms. The lowest BCUT2D eigenvalue weighted by atomic mass is 10.2. The SMILES string of the molecule is CC(C)Oc1ncccc1NC(=O)[C@H]1CCCN1. The van der Waals surface area contributed by atoms with Gasteiger partial charge < -0.3 is 15.4 Å². The number of pyridine rings is 1. The van der Waals surface area contributed by atoms with E-state index in [0.29, 0.717) is 11.6 Å². The molecule has 1 amide bonds. The Balaban J connectivity index is 2.05. The number of aromatic nitrogens is 1. The van der Waals surface area contributed by atoms with Crippen LogP contribution in [-0.4, -0.2) is 29.6 Å². The fourth-order valence-electron chi connectivity index (χ4n) is 1.93. The number of amides is 1. The van der Waals surface area contributed by atoms with E-state index in [-0.39, 0.29) is 18.1 Å². The monoisotopic (exact) mass is 249 g/mol. The summed E-state index contributed by atoms with van der Waals surface area (Å²) in [6, 6.07) is 3.49. The topological polar surface area (TPSA) is 63.2 Å². The molecule has 0 aromatic carbocycles. The van der Waals surface area contributed by atoms with Gasteiger partial charge in [-0.1, -0.05) is 0 Å². The first-order valence-corrected chi connectivity index (χ1v) is 6.32. The molecule has 1 atom stereocenters. The third-order valence-corrected chi connectivity index (χ3v) is 2.75. The van der Waals surface area contributed by atoms with E-state index >= 15 is 0 Å². The summed E-state index contributed by atoms with van der Waals surface area (Å²) in [6.45, 7) is 4.76. The quantitative estimate of drug-likeness (QED) is 0.850. The van der Waals surface area contributed by atoms with Crippen molar-refractivity contribution in [2.45, 2.75) is 38.8 Å². The maximum Gasteiger partial charge on any atom is 0.241 e. The molecule has 18 heavy (non-hydrogen) atoms. The number of carbonyl (C=O) groups excluding carboxylic acids is 1. The van der Waals surface area contributed by atoms with Crippen LogP contribution < -0.4 is 15.4 Å². The smallest absolute Gasteiger partial charge is 0.241 e. The van der Waals surface area contributed by atoms with Gasteiger partial charge in [0, 0.05) is 6.20 Å². The van der Waals surface area contributed by atoms with Crippen LogP contribution in [0.25, 0.3) is 0 Å². The molecular weight excluding hydrogens is 230 g/mol. The number of nitrogens with zero attached hydrogens (tertiary/aromatic N) is 1. The maximum absolute atomic E-state index is 12.0. The molecule has 2 rings (SSSR count). The van der Waals surface area contributed by atoms with Crippen LogP contribution in [-0.2, 0) is 4.79 Å². The van der Waals surface area contributed by atoms with Gasteiger partial charge in [0.15, 0.2) is 0 Å². The van der Waals surface area contributed by atoms with E-state index in [0.717, 1.165) is 19.4 Å². The molecule has 2 N–H and O–H groups in total. The number of hydrogen-bond donors (Lipinski definition) is 2. The lowest BCUT2D eigenvalue weighted by molar-refractivity contribution is -0.117. The summed E-state index contributed by atoms with van der Waals surface area (Å²) in [5, 5.41) is 6.03. The highest BCUT2D eigenvalue weighted by atomic mass is 16.5. The second-order valence-electron chi connectivity index (χ2n) is 4.66. The van der Waals surface area contributed by atoms with Crippen LogP contribution in [0.5, 0.6) is 5.88 Å². The summed E-state index contributed by atoms with van der Waals surface area (Å²) >= 11 is 0. The largest absolute Gasteiger partial charge is 0.473 e. The Labute approximate surface area is 107 Å². The number of ether oxygens (including phenoxy) is 1. The standard InChI is InChI=1S/C13H19N3O2/c1-9(2)18-13-11(6-4-8-15-13)16-12(17)10-5-3-7-14-10/h4,6,8-10,14H,3,5,7H2,1-2H3,(H,16,17)/t10-/m1/s1. The minimum Gasteiger partial charge on any atom is -0.473 e. The van der Waals surface area contributed by atoms with Gasteiger partial charge in [-0.2, -0.15) is 0 Å². The van der Waals surface area contributed by atoms with E-state index in [9.17, 15) is 4.79 Å². The lowest BCUT2D eigenvalue weighted by Gasteiger charge is -2.15. The molecule has 1 fully saturated rings. The van der Waals surface area contributed by atoms with Crippen LogP contribution in [0.3, 0.4) is 0 Å². The summed E-state index contributed by atoms with van der Waals surface area (Å²) < 4.78 is 5.56. The van der Waals surface area contributed by atoms with Gasteiger partial charge in [0.05, 0.1) is 12.1 Å². The zero-order valence-corrected chi connectivity index (χ0v) is 10.8. The predicted octanol–water partition coefficient (Wildman–Crippen LogP) is 1.56. The number of carbonyl (C=O) groups is 1. The van der Waals surface area contributed by atoms with Crippen molar-refractivity contribution in [3.8, 4) is 5.88 Å². The molecule has 2 heterocycles. The predicted molar refractivity (Wildman–Crippen MR) is 69.7 cm³/mol. The molecule has 1 saturated heterocycles. The third kappa shape index (κ3) is 3.20. The molecule has 5 heteroatoms. The Morgan fingerprint density at radius 1 is 1.61 bits per heavy atom. The zero-order chi connectivity index (χ0) is 13.0. The second kappa shape index (κ2) is 5.82. The molecule has 0 radical (unpaired) electrons. The fourth-order valence-corrected chi connectivity index (χ4v) is 1.93. The number of nitrogens with one attached hydrogen (secondary N) is 2. The number of rotatable bonds is 4. The lowest BCUT2D eigenvalue weighted by Crippen LogP contribution is -2.35.